The molecule has 0 spiro atoms. The van der Waals surface area contributed by atoms with E-state index < -0.39 is 0 Å². The Morgan fingerprint density at radius 3 is 2.44 bits per heavy atom. The van der Waals surface area contributed by atoms with E-state index in [9.17, 15) is 0 Å². The van der Waals surface area contributed by atoms with E-state index in [1.54, 1.807) is 7.11 Å². The molecule has 0 aliphatic rings. The third kappa shape index (κ3) is 4.41. The van der Waals surface area contributed by atoms with Crippen LogP contribution in [-0.2, 0) is 0 Å². The Kier molecular flexibility index (Phi) is 5.72. The molecule has 0 aromatic heterocycles. The van der Waals surface area contributed by atoms with Gasteiger partial charge in [0.15, 0.2) is 11.5 Å². The Morgan fingerprint density at radius 2 is 1.89 bits per heavy atom. The van der Waals surface area contributed by atoms with Gasteiger partial charge in [0.05, 0.1) is 13.2 Å². The molecular formula is C15H23NO2. The molecular weight excluding hydrogens is 226 g/mol. The fraction of sp³-hybridized carbons (Fsp3) is 0.467. The van der Waals surface area contributed by atoms with Crippen LogP contribution in [0.1, 0.15) is 26.3 Å². The molecule has 0 amide bonds. The van der Waals surface area contributed by atoms with Gasteiger partial charge in [0, 0.05) is 6.04 Å². The Hall–Kier alpha value is -1.48. The van der Waals surface area contributed by atoms with Crippen molar-refractivity contribution >= 4 is 6.08 Å². The molecule has 0 fully saturated rings. The van der Waals surface area contributed by atoms with Crippen molar-refractivity contribution in [2.24, 2.45) is 0 Å². The van der Waals surface area contributed by atoms with E-state index in [0.29, 0.717) is 6.04 Å². The molecule has 0 aliphatic heterocycles. The monoisotopic (exact) mass is 249 g/mol. The molecule has 0 aliphatic carbocycles. The van der Waals surface area contributed by atoms with Gasteiger partial charge in [-0.25, -0.2) is 0 Å². The minimum Gasteiger partial charge on any atom is -0.493 e. The molecule has 3 nitrogen and oxygen atoms in total. The second kappa shape index (κ2) is 7.07. The predicted molar refractivity (Wildman–Crippen MR) is 76.3 cm³/mol. The molecule has 0 bridgehead atoms. The van der Waals surface area contributed by atoms with E-state index in [-0.39, 0.29) is 6.10 Å². The zero-order valence-electron chi connectivity index (χ0n) is 11.9. The van der Waals surface area contributed by atoms with Gasteiger partial charge in [-0.05, 0) is 45.5 Å². The second-order valence-corrected chi connectivity index (χ2v) is 4.51. The van der Waals surface area contributed by atoms with E-state index in [0.717, 1.165) is 17.1 Å². The van der Waals surface area contributed by atoms with Gasteiger partial charge < -0.3 is 14.8 Å². The minimum absolute atomic E-state index is 0.143. The molecule has 100 valence electrons. The van der Waals surface area contributed by atoms with Crippen molar-refractivity contribution in [1.29, 1.82) is 0 Å². The molecule has 0 saturated carbocycles. The quantitative estimate of drug-likeness (QED) is 0.840. The lowest BCUT2D eigenvalue weighted by atomic mass is 10.1. The summed E-state index contributed by atoms with van der Waals surface area (Å²) < 4.78 is 11.0. The van der Waals surface area contributed by atoms with E-state index in [4.69, 9.17) is 9.47 Å². The third-order valence-electron chi connectivity index (χ3n) is 2.58. The zero-order chi connectivity index (χ0) is 13.5. The first-order chi connectivity index (χ1) is 8.56. The number of ether oxygens (including phenoxy) is 2. The van der Waals surface area contributed by atoms with E-state index >= 15 is 0 Å². The van der Waals surface area contributed by atoms with Crippen molar-refractivity contribution < 1.29 is 9.47 Å². The van der Waals surface area contributed by atoms with Gasteiger partial charge in [0.25, 0.3) is 0 Å². The van der Waals surface area contributed by atoms with Crippen LogP contribution in [0.3, 0.4) is 0 Å². The normalized spacial score (nSPS) is 13.0. The molecule has 3 heteroatoms. The fourth-order valence-corrected chi connectivity index (χ4v) is 1.49. The highest BCUT2D eigenvalue weighted by atomic mass is 16.5. The molecule has 1 aromatic carbocycles. The molecule has 0 radical (unpaired) electrons. The third-order valence-corrected chi connectivity index (χ3v) is 2.58. The SMILES string of the molecule is CNC(C)/C=C/c1ccc(OC(C)C)c(OC)c1. The lowest BCUT2D eigenvalue weighted by Crippen LogP contribution is -2.17. The zero-order valence-corrected chi connectivity index (χ0v) is 11.9. The van der Waals surface area contributed by atoms with Crippen LogP contribution in [-0.4, -0.2) is 26.3 Å². The largest absolute Gasteiger partial charge is 0.493 e. The summed E-state index contributed by atoms with van der Waals surface area (Å²) in [6.45, 7) is 6.10. The first kappa shape index (κ1) is 14.6. The maximum absolute atomic E-state index is 5.68. The molecule has 1 atom stereocenters. The molecule has 0 heterocycles. The Bertz CT molecular complexity index is 399. The average molecular weight is 249 g/mol. The number of hydrogen-bond donors (Lipinski definition) is 1. The maximum atomic E-state index is 5.68. The van der Waals surface area contributed by atoms with E-state index in [1.165, 1.54) is 0 Å². The van der Waals surface area contributed by atoms with Crippen LogP contribution in [0.4, 0.5) is 0 Å². The number of nitrogens with one attached hydrogen (secondary N) is 1. The van der Waals surface area contributed by atoms with Crippen LogP contribution in [0, 0.1) is 0 Å². The van der Waals surface area contributed by atoms with Crippen LogP contribution < -0.4 is 14.8 Å². The van der Waals surface area contributed by atoms with Gasteiger partial charge >= 0.3 is 0 Å². The summed E-state index contributed by atoms with van der Waals surface area (Å²) >= 11 is 0. The summed E-state index contributed by atoms with van der Waals surface area (Å²) in [5, 5.41) is 3.16. The minimum atomic E-state index is 0.143. The Balaban J connectivity index is 2.88. The van der Waals surface area contributed by atoms with Crippen LogP contribution in [0.5, 0.6) is 11.5 Å². The van der Waals surface area contributed by atoms with Crippen LogP contribution in [0.15, 0.2) is 24.3 Å². The average Bonchev–Trinajstić information content (AvgIpc) is 2.36. The summed E-state index contributed by atoms with van der Waals surface area (Å²) in [6, 6.07) is 6.31. The summed E-state index contributed by atoms with van der Waals surface area (Å²) in [6.07, 6.45) is 4.32. The predicted octanol–water partition coefficient (Wildman–Crippen LogP) is 3.10. The van der Waals surface area contributed by atoms with Gasteiger partial charge in [0.1, 0.15) is 0 Å². The smallest absolute Gasteiger partial charge is 0.161 e. The molecule has 1 unspecified atom stereocenters. The van der Waals surface area contributed by atoms with Gasteiger partial charge in [0.2, 0.25) is 0 Å². The first-order valence-corrected chi connectivity index (χ1v) is 6.27. The molecule has 1 N–H and O–H groups in total. The van der Waals surface area contributed by atoms with Gasteiger partial charge in [-0.15, -0.1) is 0 Å². The number of rotatable bonds is 6. The van der Waals surface area contributed by atoms with Crippen LogP contribution in [0.2, 0.25) is 0 Å². The summed E-state index contributed by atoms with van der Waals surface area (Å²) in [7, 11) is 3.60. The molecule has 1 rings (SSSR count). The van der Waals surface area contributed by atoms with E-state index in [2.05, 4.69) is 24.4 Å². The van der Waals surface area contributed by atoms with E-state index in [1.807, 2.05) is 39.1 Å². The van der Waals surface area contributed by atoms with Gasteiger partial charge in [-0.2, -0.15) is 0 Å². The maximum Gasteiger partial charge on any atom is 0.161 e. The van der Waals surface area contributed by atoms with Crippen molar-refractivity contribution in [2.45, 2.75) is 32.9 Å². The Morgan fingerprint density at radius 1 is 1.17 bits per heavy atom. The lowest BCUT2D eigenvalue weighted by Gasteiger charge is -2.13. The number of methoxy groups -OCH3 is 1. The van der Waals surface area contributed by atoms with Crippen LogP contribution >= 0.6 is 0 Å². The first-order valence-electron chi connectivity index (χ1n) is 6.27. The highest BCUT2D eigenvalue weighted by Gasteiger charge is 2.06. The molecule has 18 heavy (non-hydrogen) atoms. The van der Waals surface area contributed by atoms with Crippen molar-refractivity contribution in [3.05, 3.63) is 29.8 Å². The highest BCUT2D eigenvalue weighted by Crippen LogP contribution is 2.29. The van der Waals surface area contributed by atoms with Crippen molar-refractivity contribution in [3.63, 3.8) is 0 Å². The molecule has 1 aromatic rings. The standard InChI is InChI=1S/C15H23NO2/c1-11(2)18-14-9-8-13(10-15(14)17-5)7-6-12(3)16-4/h6-12,16H,1-5H3/b7-6+. The van der Waals surface area contributed by atoms with Crippen LogP contribution in [0.25, 0.3) is 6.08 Å². The van der Waals surface area contributed by atoms with Crippen molar-refractivity contribution in [1.82, 2.24) is 5.32 Å². The topological polar surface area (TPSA) is 30.5 Å². The Labute approximate surface area is 110 Å². The van der Waals surface area contributed by atoms with Gasteiger partial charge in [-0.3, -0.25) is 0 Å². The fourth-order valence-electron chi connectivity index (χ4n) is 1.49. The number of likely N-dealkylation sites (N-methyl/N-ethyl adjacent to an activating group) is 1. The summed E-state index contributed by atoms with van der Waals surface area (Å²) in [5.74, 6) is 1.55. The van der Waals surface area contributed by atoms with Crippen molar-refractivity contribution in [3.8, 4) is 11.5 Å². The van der Waals surface area contributed by atoms with Gasteiger partial charge in [-0.1, -0.05) is 18.2 Å². The van der Waals surface area contributed by atoms with Crippen molar-refractivity contribution in [2.75, 3.05) is 14.2 Å². The second-order valence-electron chi connectivity index (χ2n) is 4.51. The number of benzene rings is 1. The number of hydrogen-bond acceptors (Lipinski definition) is 3. The highest BCUT2D eigenvalue weighted by molar-refractivity contribution is 5.56. The summed E-state index contributed by atoms with van der Waals surface area (Å²) in [5.41, 5.74) is 1.10. The molecule has 0 saturated heterocycles. The lowest BCUT2D eigenvalue weighted by molar-refractivity contribution is 0.230. The summed E-state index contributed by atoms with van der Waals surface area (Å²) in [4.78, 5) is 0.